The molecule has 1 saturated carbocycles. The largest absolute Gasteiger partial charge is 0.213 e. The average Bonchev–Trinajstić information content (AvgIpc) is 3.26. The van der Waals surface area contributed by atoms with E-state index in [-0.39, 0.29) is 0 Å². The number of pyridine rings is 1. The maximum absolute atomic E-state index is 2.63. The van der Waals surface area contributed by atoms with Crippen LogP contribution in [0.3, 0.4) is 0 Å². The van der Waals surface area contributed by atoms with E-state index in [9.17, 15) is 0 Å². The third kappa shape index (κ3) is 1.87. The molecule has 0 spiro atoms. The molecule has 25 heavy (non-hydrogen) atoms. The van der Waals surface area contributed by atoms with E-state index in [4.69, 9.17) is 0 Å². The second-order valence-corrected chi connectivity index (χ2v) is 9.13. The molecular weight excluding hydrogens is 302 g/mol. The molecule has 0 radical (unpaired) electrons. The summed E-state index contributed by atoms with van der Waals surface area (Å²) in [7, 11) is 0. The topological polar surface area (TPSA) is 3.88 Å². The molecule has 1 nitrogen and oxygen atoms in total. The Hall–Kier alpha value is -1.63. The Morgan fingerprint density at radius 3 is 2.36 bits per heavy atom. The van der Waals surface area contributed by atoms with Gasteiger partial charge in [-0.1, -0.05) is 13.0 Å². The van der Waals surface area contributed by atoms with Gasteiger partial charge in [-0.15, -0.1) is 0 Å². The van der Waals surface area contributed by atoms with Crippen LogP contribution in [0.25, 0.3) is 11.3 Å². The zero-order chi connectivity index (χ0) is 16.7. The Labute approximate surface area is 151 Å². The summed E-state index contributed by atoms with van der Waals surface area (Å²) in [4.78, 5) is 0. The number of hydrogen-bond acceptors (Lipinski definition) is 0. The van der Waals surface area contributed by atoms with Crippen molar-refractivity contribution >= 4 is 0 Å². The Morgan fingerprint density at radius 2 is 1.56 bits per heavy atom. The van der Waals surface area contributed by atoms with E-state index in [1.165, 1.54) is 56.2 Å². The van der Waals surface area contributed by atoms with E-state index in [1.54, 1.807) is 27.8 Å². The Morgan fingerprint density at radius 1 is 0.840 bits per heavy atom. The number of nitrogens with zero attached hydrogens (tertiary/aromatic N) is 1. The number of hydrogen-bond donors (Lipinski definition) is 0. The highest BCUT2D eigenvalue weighted by molar-refractivity contribution is 5.67. The van der Waals surface area contributed by atoms with Crippen LogP contribution in [0.15, 0.2) is 24.4 Å². The van der Waals surface area contributed by atoms with Gasteiger partial charge < -0.3 is 0 Å². The third-order valence-electron chi connectivity index (χ3n) is 7.94. The molecule has 2 aromatic rings. The van der Waals surface area contributed by atoms with Gasteiger partial charge in [0.25, 0.3) is 0 Å². The first kappa shape index (κ1) is 14.5. The van der Waals surface area contributed by atoms with E-state index in [1.807, 2.05) is 0 Å². The molecule has 1 aromatic carbocycles. The summed E-state index contributed by atoms with van der Waals surface area (Å²) < 4.78 is 2.63. The molecule has 0 saturated heterocycles. The molecule has 6 rings (SSSR count). The van der Waals surface area contributed by atoms with Gasteiger partial charge in [-0.2, -0.15) is 4.57 Å². The standard InChI is InChI=1S/C24H28N/c1-14-15(2)25-13-23-19-8-7-18(9-19)21(23)12-24(25)22-11-17-6-4-3-5-16(17)10-20(14)22/h10-15,18-19H,3-9H2,1-2H3/q+1/t14?,15-,18?,19?/m1/s1. The Balaban J connectivity index is 1.60. The summed E-state index contributed by atoms with van der Waals surface area (Å²) >= 11 is 0. The van der Waals surface area contributed by atoms with Crippen LogP contribution < -0.4 is 4.57 Å². The smallest absolute Gasteiger partial charge is 0.195 e. The van der Waals surface area contributed by atoms with Gasteiger partial charge in [-0.05, 0) is 92.0 Å². The molecule has 0 amide bonds. The van der Waals surface area contributed by atoms with Crippen LogP contribution in [-0.4, -0.2) is 0 Å². The summed E-state index contributed by atoms with van der Waals surface area (Å²) in [6, 6.07) is 8.30. The number of fused-ring (bicyclic) bond motifs is 9. The van der Waals surface area contributed by atoms with Crippen LogP contribution in [-0.2, 0) is 12.8 Å². The zero-order valence-corrected chi connectivity index (χ0v) is 15.5. The van der Waals surface area contributed by atoms with Gasteiger partial charge in [-0.3, -0.25) is 0 Å². The lowest BCUT2D eigenvalue weighted by atomic mass is 9.79. The highest BCUT2D eigenvalue weighted by Crippen LogP contribution is 2.54. The quantitative estimate of drug-likeness (QED) is 0.557. The molecule has 3 aliphatic carbocycles. The van der Waals surface area contributed by atoms with E-state index in [0.717, 1.165) is 11.8 Å². The summed E-state index contributed by atoms with van der Waals surface area (Å²) in [6.45, 7) is 4.87. The molecule has 0 N–H and O–H groups in total. The Kier molecular flexibility index (Phi) is 2.88. The van der Waals surface area contributed by atoms with Crippen molar-refractivity contribution in [3.8, 4) is 11.3 Å². The van der Waals surface area contributed by atoms with Crippen molar-refractivity contribution in [3.63, 3.8) is 0 Å². The van der Waals surface area contributed by atoms with Crippen LogP contribution in [0, 0.1) is 0 Å². The van der Waals surface area contributed by atoms with Gasteiger partial charge >= 0.3 is 0 Å². The van der Waals surface area contributed by atoms with E-state index in [0.29, 0.717) is 12.0 Å². The van der Waals surface area contributed by atoms with E-state index in [2.05, 4.69) is 42.8 Å². The molecule has 1 aliphatic heterocycles. The van der Waals surface area contributed by atoms with Gasteiger partial charge in [0.2, 0.25) is 5.69 Å². The monoisotopic (exact) mass is 330 g/mol. The van der Waals surface area contributed by atoms with Crippen LogP contribution in [0.1, 0.15) is 97.6 Å². The van der Waals surface area contributed by atoms with Crippen molar-refractivity contribution in [1.82, 2.24) is 0 Å². The van der Waals surface area contributed by atoms with Gasteiger partial charge in [0.05, 0.1) is 5.56 Å². The maximum Gasteiger partial charge on any atom is 0.213 e. The number of benzene rings is 1. The fraction of sp³-hybridized carbons (Fsp3) is 0.542. The first-order valence-electron chi connectivity index (χ1n) is 10.5. The first-order valence-corrected chi connectivity index (χ1v) is 10.5. The number of rotatable bonds is 0. The van der Waals surface area contributed by atoms with Crippen molar-refractivity contribution in [1.29, 1.82) is 0 Å². The fourth-order valence-corrected chi connectivity index (χ4v) is 6.30. The third-order valence-corrected chi connectivity index (χ3v) is 7.94. The van der Waals surface area contributed by atoms with Gasteiger partial charge in [0.15, 0.2) is 12.2 Å². The van der Waals surface area contributed by atoms with E-state index < -0.39 is 0 Å². The molecule has 1 fully saturated rings. The predicted molar refractivity (Wildman–Crippen MR) is 101 cm³/mol. The van der Waals surface area contributed by atoms with Gasteiger partial charge in [-0.25, -0.2) is 0 Å². The minimum absolute atomic E-state index is 0.563. The number of aryl methyl sites for hydroxylation is 2. The lowest BCUT2D eigenvalue weighted by Gasteiger charge is -2.30. The van der Waals surface area contributed by atoms with Crippen molar-refractivity contribution in [2.75, 3.05) is 0 Å². The minimum atomic E-state index is 0.563. The lowest BCUT2D eigenvalue weighted by molar-refractivity contribution is -0.714. The first-order chi connectivity index (χ1) is 12.2. The average molecular weight is 330 g/mol. The second-order valence-electron chi connectivity index (χ2n) is 9.13. The molecule has 2 bridgehead atoms. The summed E-state index contributed by atoms with van der Waals surface area (Å²) in [5, 5.41) is 0. The molecule has 128 valence electrons. The van der Waals surface area contributed by atoms with Gasteiger partial charge in [0, 0.05) is 17.5 Å². The number of aromatic nitrogens is 1. The minimum Gasteiger partial charge on any atom is -0.195 e. The SMILES string of the molecule is CC1c2cc3c(cc2-c2cc4c(c[n+]2[C@@H]1C)C1CCC4C1)CCCC3. The van der Waals surface area contributed by atoms with Crippen molar-refractivity contribution in [2.45, 2.75) is 82.6 Å². The maximum atomic E-state index is 2.63. The molecule has 4 aliphatic rings. The van der Waals surface area contributed by atoms with Crippen LogP contribution in [0.5, 0.6) is 0 Å². The molecule has 1 aromatic heterocycles. The van der Waals surface area contributed by atoms with Crippen LogP contribution in [0.4, 0.5) is 0 Å². The Bertz CT molecular complexity index is 893. The van der Waals surface area contributed by atoms with Crippen LogP contribution >= 0.6 is 0 Å². The second kappa shape index (κ2) is 4.96. The van der Waals surface area contributed by atoms with Gasteiger partial charge in [0.1, 0.15) is 0 Å². The highest BCUT2D eigenvalue weighted by atomic mass is 15.0. The van der Waals surface area contributed by atoms with Crippen molar-refractivity contribution < 1.29 is 4.57 Å². The summed E-state index contributed by atoms with van der Waals surface area (Å²) in [6.07, 6.45) is 12.1. The summed E-state index contributed by atoms with van der Waals surface area (Å²) in [5.74, 6) is 2.31. The molecule has 3 unspecified atom stereocenters. The highest BCUT2D eigenvalue weighted by Gasteiger charge is 2.43. The van der Waals surface area contributed by atoms with Crippen molar-refractivity contribution in [2.24, 2.45) is 0 Å². The molecule has 1 heteroatoms. The van der Waals surface area contributed by atoms with Crippen molar-refractivity contribution in [3.05, 3.63) is 52.2 Å². The fourth-order valence-electron chi connectivity index (χ4n) is 6.30. The molecular formula is C24H28N+. The molecule has 4 atom stereocenters. The zero-order valence-electron chi connectivity index (χ0n) is 15.5. The van der Waals surface area contributed by atoms with Crippen LogP contribution in [0.2, 0.25) is 0 Å². The summed E-state index contributed by atoms with van der Waals surface area (Å²) in [5.41, 5.74) is 11.3. The van der Waals surface area contributed by atoms with E-state index >= 15 is 0 Å². The molecule has 2 heterocycles. The normalized spacial score (nSPS) is 31.3. The predicted octanol–water partition coefficient (Wildman–Crippen LogP) is 5.56. The lowest BCUT2D eigenvalue weighted by Crippen LogP contribution is -2.46.